The van der Waals surface area contributed by atoms with E-state index < -0.39 is 5.97 Å². The normalized spacial score (nSPS) is 10.8. The zero-order valence-corrected chi connectivity index (χ0v) is 11.2. The molecule has 0 heterocycles. The van der Waals surface area contributed by atoms with Crippen LogP contribution in [0.15, 0.2) is 29.2 Å². The van der Waals surface area contributed by atoms with Crippen molar-refractivity contribution < 1.29 is 14.7 Å². The number of hydrogen-bond donors (Lipinski definition) is 2. The molecule has 0 aliphatic heterocycles. The Labute approximate surface area is 114 Å². The highest BCUT2D eigenvalue weighted by atomic mass is 32.2. The van der Waals surface area contributed by atoms with Gasteiger partial charge in [0.1, 0.15) is 4.99 Å². The summed E-state index contributed by atoms with van der Waals surface area (Å²) in [5.41, 5.74) is 1.54. The van der Waals surface area contributed by atoms with Gasteiger partial charge in [0.25, 0.3) is 0 Å². The van der Waals surface area contributed by atoms with Gasteiger partial charge in [0.15, 0.2) is 5.62 Å². The number of carboxylic acids is 1. The molecule has 94 valence electrons. The number of carboxylic acid groups (broad SMARTS) is 1. The first-order valence-corrected chi connectivity index (χ1v) is 6.24. The van der Waals surface area contributed by atoms with E-state index in [0.717, 1.165) is 11.8 Å². The third-order valence-electron chi connectivity index (χ3n) is 2.06. The summed E-state index contributed by atoms with van der Waals surface area (Å²) in [5.74, 6) is -0.994. The fraction of sp³-hybridized carbons (Fsp3) is 0.0833. The topological polar surface area (TPSA) is 66.4 Å². The van der Waals surface area contributed by atoms with Crippen LogP contribution in [0.3, 0.4) is 0 Å². The van der Waals surface area contributed by atoms with Gasteiger partial charge < -0.3 is 10.4 Å². The lowest BCUT2D eigenvalue weighted by atomic mass is 10.1. The molecule has 2 N–H and O–H groups in total. The standard InChI is InChI=1S/C12H11NO3S2/c1-13-11(17)10(18-7-14)6-8-3-2-4-9(5-8)12(15)16/h2-7H,1H3,(H,13,17)(H,15,16)/b10-6-. The van der Waals surface area contributed by atoms with E-state index >= 15 is 0 Å². The Hall–Kier alpha value is -1.66. The third-order valence-corrected chi connectivity index (χ3v) is 3.28. The predicted molar refractivity (Wildman–Crippen MR) is 77.4 cm³/mol. The van der Waals surface area contributed by atoms with Gasteiger partial charge >= 0.3 is 5.97 Å². The Morgan fingerprint density at radius 2 is 2.22 bits per heavy atom. The lowest BCUT2D eigenvalue weighted by Crippen LogP contribution is -2.16. The maximum absolute atomic E-state index is 10.8. The van der Waals surface area contributed by atoms with E-state index in [9.17, 15) is 9.59 Å². The molecule has 0 saturated carbocycles. The van der Waals surface area contributed by atoms with Crippen LogP contribution in [0.5, 0.6) is 0 Å². The molecule has 1 rings (SSSR count). The van der Waals surface area contributed by atoms with Crippen molar-refractivity contribution in [2.75, 3.05) is 7.05 Å². The predicted octanol–water partition coefficient (Wildman–Crippen LogP) is 2.20. The van der Waals surface area contributed by atoms with Crippen molar-refractivity contribution in [2.24, 2.45) is 0 Å². The molecule has 1 aromatic carbocycles. The molecule has 1 aromatic rings. The summed E-state index contributed by atoms with van der Waals surface area (Å²) in [4.78, 5) is 22.4. The zero-order valence-electron chi connectivity index (χ0n) is 9.54. The highest BCUT2D eigenvalue weighted by Gasteiger charge is 2.06. The second kappa shape index (κ2) is 6.93. The van der Waals surface area contributed by atoms with Crippen LogP contribution >= 0.6 is 24.0 Å². The Kier molecular flexibility index (Phi) is 5.54. The molecule has 0 amide bonds. The number of nitrogens with one attached hydrogen (secondary N) is 1. The highest BCUT2D eigenvalue weighted by Crippen LogP contribution is 2.18. The average Bonchev–Trinajstić information content (AvgIpc) is 2.37. The van der Waals surface area contributed by atoms with Gasteiger partial charge in [0, 0.05) is 12.0 Å². The average molecular weight is 281 g/mol. The van der Waals surface area contributed by atoms with Crippen LogP contribution in [0.2, 0.25) is 0 Å². The minimum absolute atomic E-state index is 0.189. The first kappa shape index (κ1) is 14.4. The molecule has 0 aliphatic carbocycles. The first-order chi connectivity index (χ1) is 8.58. The van der Waals surface area contributed by atoms with Gasteiger partial charge in [-0.25, -0.2) is 4.79 Å². The van der Waals surface area contributed by atoms with Gasteiger partial charge in [0.05, 0.1) is 5.56 Å². The maximum Gasteiger partial charge on any atom is 0.335 e. The number of carbonyl (C=O) groups is 2. The van der Waals surface area contributed by atoms with Crippen molar-refractivity contribution in [2.45, 2.75) is 0 Å². The molecule has 0 aromatic heterocycles. The van der Waals surface area contributed by atoms with Gasteiger partial charge in [-0.15, -0.1) is 0 Å². The third kappa shape index (κ3) is 3.97. The van der Waals surface area contributed by atoms with E-state index in [1.165, 1.54) is 12.1 Å². The van der Waals surface area contributed by atoms with Crippen LogP contribution in [0.1, 0.15) is 15.9 Å². The molecule has 0 bridgehead atoms. The molecular formula is C12H11NO3S2. The molecule has 0 fully saturated rings. The second-order valence-corrected chi connectivity index (χ2v) is 4.51. The molecular weight excluding hydrogens is 270 g/mol. The summed E-state index contributed by atoms with van der Waals surface area (Å²) in [6.07, 6.45) is 1.67. The summed E-state index contributed by atoms with van der Waals surface area (Å²) < 4.78 is 0. The van der Waals surface area contributed by atoms with E-state index in [1.54, 1.807) is 25.3 Å². The van der Waals surface area contributed by atoms with E-state index in [2.05, 4.69) is 5.32 Å². The molecule has 0 radical (unpaired) electrons. The summed E-state index contributed by atoms with van der Waals surface area (Å²) in [7, 11) is 1.66. The van der Waals surface area contributed by atoms with Gasteiger partial charge in [-0.1, -0.05) is 36.1 Å². The SMILES string of the molecule is CNC(=S)/C(=C/c1cccc(C(=O)O)c1)SC=O. The summed E-state index contributed by atoms with van der Waals surface area (Å²) in [5, 5.41) is 11.7. The quantitative estimate of drug-likeness (QED) is 0.490. The van der Waals surface area contributed by atoms with Gasteiger partial charge in [-0.2, -0.15) is 0 Å². The molecule has 18 heavy (non-hydrogen) atoms. The number of thiocarbonyl (C=S) groups is 1. The smallest absolute Gasteiger partial charge is 0.335 e. The number of hydrogen-bond acceptors (Lipinski definition) is 4. The fourth-order valence-electron chi connectivity index (χ4n) is 1.24. The first-order valence-electron chi connectivity index (χ1n) is 4.96. The monoisotopic (exact) mass is 281 g/mol. The zero-order chi connectivity index (χ0) is 13.5. The lowest BCUT2D eigenvalue weighted by molar-refractivity contribution is 0.0697. The van der Waals surface area contributed by atoms with Crippen molar-refractivity contribution in [1.82, 2.24) is 5.32 Å². The number of thioether (sulfide) groups is 1. The summed E-state index contributed by atoms with van der Waals surface area (Å²) in [6, 6.07) is 6.41. The van der Waals surface area contributed by atoms with Crippen LogP contribution < -0.4 is 5.32 Å². The van der Waals surface area contributed by atoms with Gasteiger partial charge in [-0.05, 0) is 23.8 Å². The maximum atomic E-state index is 10.8. The molecule has 0 aliphatic rings. The Morgan fingerprint density at radius 1 is 1.50 bits per heavy atom. The van der Waals surface area contributed by atoms with E-state index in [0.29, 0.717) is 21.1 Å². The molecule has 0 atom stereocenters. The molecule has 0 saturated heterocycles. The summed E-state index contributed by atoms with van der Waals surface area (Å²) in [6.45, 7) is 0. The van der Waals surface area contributed by atoms with Crippen molar-refractivity contribution in [3.8, 4) is 0 Å². The van der Waals surface area contributed by atoms with Crippen LogP contribution in [0, 0.1) is 0 Å². The second-order valence-electron chi connectivity index (χ2n) is 3.23. The number of aromatic carboxylic acids is 1. The number of likely N-dealkylation sites (N-methyl/N-ethyl adjacent to an activating group) is 1. The molecule has 0 unspecified atom stereocenters. The minimum atomic E-state index is -0.994. The van der Waals surface area contributed by atoms with Crippen molar-refractivity contribution in [3.63, 3.8) is 0 Å². The fourth-order valence-corrected chi connectivity index (χ4v) is 1.96. The number of rotatable bonds is 5. The van der Waals surface area contributed by atoms with Crippen molar-refractivity contribution in [3.05, 3.63) is 40.3 Å². The van der Waals surface area contributed by atoms with Crippen LogP contribution in [-0.2, 0) is 4.79 Å². The number of carbonyl (C=O) groups excluding carboxylic acids is 1. The van der Waals surface area contributed by atoms with Gasteiger partial charge in [0.2, 0.25) is 0 Å². The van der Waals surface area contributed by atoms with Crippen LogP contribution in [0.4, 0.5) is 0 Å². The Balaban J connectivity index is 3.11. The molecule has 6 heteroatoms. The van der Waals surface area contributed by atoms with Crippen molar-refractivity contribution in [1.29, 1.82) is 0 Å². The highest BCUT2D eigenvalue weighted by molar-refractivity contribution is 8.16. The lowest BCUT2D eigenvalue weighted by Gasteiger charge is -2.05. The Morgan fingerprint density at radius 3 is 2.78 bits per heavy atom. The van der Waals surface area contributed by atoms with Crippen molar-refractivity contribution >= 4 is 46.6 Å². The minimum Gasteiger partial charge on any atom is -0.478 e. The molecule has 0 spiro atoms. The summed E-state index contributed by atoms with van der Waals surface area (Å²) >= 11 is 6.00. The van der Waals surface area contributed by atoms with E-state index in [4.69, 9.17) is 17.3 Å². The molecule has 4 nitrogen and oxygen atoms in total. The van der Waals surface area contributed by atoms with E-state index in [-0.39, 0.29) is 5.56 Å². The Bertz CT molecular complexity index is 512. The number of benzene rings is 1. The van der Waals surface area contributed by atoms with E-state index in [1.807, 2.05) is 0 Å². The van der Waals surface area contributed by atoms with Crippen LogP contribution in [-0.4, -0.2) is 28.7 Å². The largest absolute Gasteiger partial charge is 0.478 e. The van der Waals surface area contributed by atoms with Crippen LogP contribution in [0.25, 0.3) is 6.08 Å². The van der Waals surface area contributed by atoms with Gasteiger partial charge in [-0.3, -0.25) is 4.79 Å².